The molecule has 2 aliphatic rings. The van der Waals surface area contributed by atoms with Crippen LogP contribution >= 0.6 is 0 Å². The Kier molecular flexibility index (Phi) is 4.78. The average molecular weight is 289 g/mol. The van der Waals surface area contributed by atoms with E-state index < -0.39 is 0 Å². The molecule has 1 aromatic rings. The van der Waals surface area contributed by atoms with Gasteiger partial charge in [-0.3, -0.25) is 4.90 Å². The van der Waals surface area contributed by atoms with Crippen LogP contribution in [-0.2, 0) is 0 Å². The van der Waals surface area contributed by atoms with Crippen LogP contribution in [0.2, 0.25) is 0 Å². The molecule has 2 N–H and O–H groups in total. The molecule has 116 valence electrons. The molecule has 1 aliphatic heterocycles. The lowest BCUT2D eigenvalue weighted by Gasteiger charge is -2.39. The minimum atomic E-state index is 0.268. The number of nitrogens with zero attached hydrogens (tertiary/aromatic N) is 2. The standard InChI is InChI=1S/C17H27N3O/c1-21-17-5-3-2-4-15(17)16(12-18)20-10-8-19(9-11-20)13-14-6-7-14/h2-5,14,16H,6-13,18H2,1H3. The molecule has 0 amide bonds. The molecule has 2 fully saturated rings. The first kappa shape index (κ1) is 14.8. The molecule has 1 heterocycles. The fourth-order valence-corrected chi connectivity index (χ4v) is 3.34. The maximum Gasteiger partial charge on any atom is 0.123 e. The number of rotatable bonds is 6. The van der Waals surface area contributed by atoms with Gasteiger partial charge in [-0.15, -0.1) is 0 Å². The number of piperazine rings is 1. The van der Waals surface area contributed by atoms with E-state index in [1.165, 1.54) is 38.0 Å². The number of para-hydroxylation sites is 1. The smallest absolute Gasteiger partial charge is 0.123 e. The third-order valence-electron chi connectivity index (χ3n) is 4.78. The molecule has 1 saturated heterocycles. The van der Waals surface area contributed by atoms with Crippen molar-refractivity contribution in [2.24, 2.45) is 11.7 Å². The van der Waals surface area contributed by atoms with Gasteiger partial charge >= 0.3 is 0 Å². The van der Waals surface area contributed by atoms with Crippen LogP contribution in [0.3, 0.4) is 0 Å². The average Bonchev–Trinajstić information content (AvgIpc) is 3.34. The molecular formula is C17H27N3O. The number of nitrogens with two attached hydrogens (primary N) is 1. The minimum Gasteiger partial charge on any atom is -0.496 e. The van der Waals surface area contributed by atoms with E-state index in [4.69, 9.17) is 10.5 Å². The van der Waals surface area contributed by atoms with Gasteiger partial charge in [0, 0.05) is 44.8 Å². The largest absolute Gasteiger partial charge is 0.496 e. The summed E-state index contributed by atoms with van der Waals surface area (Å²) in [5.74, 6) is 1.93. The number of benzene rings is 1. The van der Waals surface area contributed by atoms with Gasteiger partial charge in [-0.25, -0.2) is 0 Å². The summed E-state index contributed by atoms with van der Waals surface area (Å²) in [4.78, 5) is 5.13. The number of ether oxygens (including phenoxy) is 1. The Labute approximate surface area is 127 Å². The van der Waals surface area contributed by atoms with Crippen LogP contribution < -0.4 is 10.5 Å². The Balaban J connectivity index is 1.63. The summed E-state index contributed by atoms with van der Waals surface area (Å²) in [6, 6.07) is 8.53. The van der Waals surface area contributed by atoms with Crippen LogP contribution in [0.1, 0.15) is 24.4 Å². The highest BCUT2D eigenvalue weighted by Gasteiger charge is 2.29. The fraction of sp³-hybridized carbons (Fsp3) is 0.647. The zero-order chi connectivity index (χ0) is 14.7. The normalized spacial score (nSPS) is 22.2. The molecule has 0 spiro atoms. The first-order valence-electron chi connectivity index (χ1n) is 8.11. The first-order chi connectivity index (χ1) is 10.3. The highest BCUT2D eigenvalue weighted by atomic mass is 16.5. The molecule has 4 nitrogen and oxygen atoms in total. The van der Waals surface area contributed by atoms with Crippen LogP contribution in [0.5, 0.6) is 5.75 Å². The molecule has 1 saturated carbocycles. The topological polar surface area (TPSA) is 41.7 Å². The van der Waals surface area contributed by atoms with Crippen molar-refractivity contribution in [3.63, 3.8) is 0 Å². The molecule has 1 unspecified atom stereocenters. The molecule has 0 aromatic heterocycles. The van der Waals surface area contributed by atoms with Gasteiger partial charge in [0.1, 0.15) is 5.75 Å². The molecule has 1 atom stereocenters. The van der Waals surface area contributed by atoms with Crippen molar-refractivity contribution < 1.29 is 4.74 Å². The lowest BCUT2D eigenvalue weighted by Crippen LogP contribution is -2.49. The molecule has 4 heteroatoms. The SMILES string of the molecule is COc1ccccc1C(CN)N1CCN(CC2CC2)CC1. The maximum absolute atomic E-state index is 6.07. The van der Waals surface area contributed by atoms with E-state index in [-0.39, 0.29) is 6.04 Å². The highest BCUT2D eigenvalue weighted by molar-refractivity contribution is 5.36. The molecule has 0 radical (unpaired) electrons. The molecule has 21 heavy (non-hydrogen) atoms. The summed E-state index contributed by atoms with van der Waals surface area (Å²) >= 11 is 0. The third-order valence-corrected chi connectivity index (χ3v) is 4.78. The summed E-state index contributed by atoms with van der Waals surface area (Å²) in [6.45, 7) is 6.49. The predicted molar refractivity (Wildman–Crippen MR) is 85.5 cm³/mol. The van der Waals surface area contributed by atoms with Crippen molar-refractivity contribution in [2.45, 2.75) is 18.9 Å². The summed E-state index contributed by atoms with van der Waals surface area (Å²) in [7, 11) is 1.74. The van der Waals surface area contributed by atoms with Gasteiger partial charge < -0.3 is 15.4 Å². The molecule has 1 aliphatic carbocycles. The minimum absolute atomic E-state index is 0.268. The van der Waals surface area contributed by atoms with Crippen molar-refractivity contribution in [1.29, 1.82) is 0 Å². The second kappa shape index (κ2) is 6.77. The Bertz CT molecular complexity index is 453. The Morgan fingerprint density at radius 1 is 1.19 bits per heavy atom. The van der Waals surface area contributed by atoms with E-state index >= 15 is 0 Å². The predicted octanol–water partition coefficient (Wildman–Crippen LogP) is 1.72. The van der Waals surface area contributed by atoms with Gasteiger partial charge in [-0.1, -0.05) is 18.2 Å². The summed E-state index contributed by atoms with van der Waals surface area (Å²) in [6.07, 6.45) is 2.87. The van der Waals surface area contributed by atoms with E-state index in [0.717, 1.165) is 24.8 Å². The van der Waals surface area contributed by atoms with Crippen LogP contribution in [0.25, 0.3) is 0 Å². The van der Waals surface area contributed by atoms with Crippen molar-refractivity contribution in [1.82, 2.24) is 9.80 Å². The Morgan fingerprint density at radius 2 is 1.90 bits per heavy atom. The summed E-state index contributed by atoms with van der Waals surface area (Å²) < 4.78 is 5.51. The van der Waals surface area contributed by atoms with E-state index in [9.17, 15) is 0 Å². The van der Waals surface area contributed by atoms with Crippen molar-refractivity contribution >= 4 is 0 Å². The lowest BCUT2D eigenvalue weighted by molar-refractivity contribution is 0.0945. The lowest BCUT2D eigenvalue weighted by atomic mass is 10.0. The van der Waals surface area contributed by atoms with Crippen LogP contribution in [-0.4, -0.2) is 56.2 Å². The van der Waals surface area contributed by atoms with Gasteiger partial charge in [-0.2, -0.15) is 0 Å². The van der Waals surface area contributed by atoms with E-state index in [2.05, 4.69) is 21.9 Å². The quantitative estimate of drug-likeness (QED) is 0.866. The maximum atomic E-state index is 6.07. The van der Waals surface area contributed by atoms with Gasteiger partial charge in [0.25, 0.3) is 0 Å². The highest BCUT2D eigenvalue weighted by Crippen LogP contribution is 2.32. The van der Waals surface area contributed by atoms with Crippen molar-refractivity contribution in [3.8, 4) is 5.75 Å². The zero-order valence-corrected chi connectivity index (χ0v) is 13.0. The van der Waals surface area contributed by atoms with E-state index in [1.54, 1.807) is 7.11 Å². The molecular weight excluding hydrogens is 262 g/mol. The van der Waals surface area contributed by atoms with Crippen molar-refractivity contribution in [2.75, 3.05) is 46.4 Å². The van der Waals surface area contributed by atoms with Crippen LogP contribution in [0.4, 0.5) is 0 Å². The number of methoxy groups -OCH3 is 1. The van der Waals surface area contributed by atoms with E-state index in [0.29, 0.717) is 6.54 Å². The zero-order valence-electron chi connectivity index (χ0n) is 13.0. The molecule has 0 bridgehead atoms. The second-order valence-corrected chi connectivity index (χ2v) is 6.27. The van der Waals surface area contributed by atoms with Crippen LogP contribution in [0, 0.1) is 5.92 Å². The number of hydrogen-bond acceptors (Lipinski definition) is 4. The fourth-order valence-electron chi connectivity index (χ4n) is 3.34. The van der Waals surface area contributed by atoms with Gasteiger partial charge in [-0.05, 0) is 24.8 Å². The van der Waals surface area contributed by atoms with Gasteiger partial charge in [0.05, 0.1) is 13.2 Å². The molecule has 1 aromatic carbocycles. The third kappa shape index (κ3) is 3.57. The molecule has 3 rings (SSSR count). The van der Waals surface area contributed by atoms with E-state index in [1.807, 2.05) is 12.1 Å². The van der Waals surface area contributed by atoms with Crippen molar-refractivity contribution in [3.05, 3.63) is 29.8 Å². The number of hydrogen-bond donors (Lipinski definition) is 1. The van der Waals surface area contributed by atoms with Gasteiger partial charge in [0.2, 0.25) is 0 Å². The Morgan fingerprint density at radius 3 is 2.52 bits per heavy atom. The first-order valence-corrected chi connectivity index (χ1v) is 8.11. The monoisotopic (exact) mass is 289 g/mol. The summed E-state index contributed by atoms with van der Waals surface area (Å²) in [5, 5.41) is 0. The Hall–Kier alpha value is -1.10. The van der Waals surface area contributed by atoms with Gasteiger partial charge in [0.15, 0.2) is 0 Å². The van der Waals surface area contributed by atoms with Crippen LogP contribution in [0.15, 0.2) is 24.3 Å². The summed E-state index contributed by atoms with van der Waals surface area (Å²) in [5.41, 5.74) is 7.29. The second-order valence-electron chi connectivity index (χ2n) is 6.27.